The van der Waals surface area contributed by atoms with Crippen molar-refractivity contribution in [1.29, 1.82) is 5.26 Å². The summed E-state index contributed by atoms with van der Waals surface area (Å²) in [6.45, 7) is 4.93. The monoisotopic (exact) mass is 252 g/mol. The zero-order chi connectivity index (χ0) is 13.7. The van der Waals surface area contributed by atoms with Crippen LogP contribution in [0.4, 0.5) is 5.82 Å². The van der Waals surface area contributed by atoms with Crippen LogP contribution in [0.2, 0.25) is 0 Å². The molecule has 2 rings (SSSR count). The minimum atomic E-state index is 0.336. The Morgan fingerprint density at radius 3 is 2.47 bits per heavy atom. The summed E-state index contributed by atoms with van der Waals surface area (Å²) in [5.41, 5.74) is 4.16. The Bertz CT molecular complexity index is 594. The van der Waals surface area contributed by atoms with Crippen LogP contribution in [-0.4, -0.2) is 16.5 Å². The fourth-order valence-corrected chi connectivity index (χ4v) is 2.09. The number of nitriles is 1. The number of anilines is 1. The zero-order valence-electron chi connectivity index (χ0n) is 11.1. The van der Waals surface area contributed by atoms with Crippen molar-refractivity contribution in [2.45, 2.75) is 20.3 Å². The highest BCUT2D eigenvalue weighted by atomic mass is 15.0. The first-order valence-electron chi connectivity index (χ1n) is 6.21. The number of hydrogen-bond acceptors (Lipinski definition) is 4. The van der Waals surface area contributed by atoms with Crippen LogP contribution in [0.15, 0.2) is 30.6 Å². The smallest absolute Gasteiger partial charge is 0.182 e. The Labute approximate surface area is 113 Å². The maximum absolute atomic E-state index is 8.92. The molecule has 96 valence electrons. The second kappa shape index (κ2) is 5.96. The molecule has 0 bridgehead atoms. The van der Waals surface area contributed by atoms with Gasteiger partial charge in [-0.15, -0.1) is 0 Å². The standard InChI is InChI=1S/C15H16N4/c1-11-7-12(2)9-13(8-11)3-4-18-15-14(10-16)17-5-6-19-15/h5-9H,3-4H2,1-2H3,(H,18,19). The minimum Gasteiger partial charge on any atom is -0.367 e. The van der Waals surface area contributed by atoms with E-state index < -0.39 is 0 Å². The molecular formula is C15H16N4. The molecule has 0 unspecified atom stereocenters. The summed E-state index contributed by atoms with van der Waals surface area (Å²) in [6.07, 6.45) is 4.00. The molecule has 0 saturated heterocycles. The van der Waals surface area contributed by atoms with Gasteiger partial charge in [0.1, 0.15) is 6.07 Å². The molecule has 0 fully saturated rings. The fourth-order valence-electron chi connectivity index (χ4n) is 2.09. The third-order valence-corrected chi connectivity index (χ3v) is 2.79. The lowest BCUT2D eigenvalue weighted by Gasteiger charge is -2.07. The zero-order valence-corrected chi connectivity index (χ0v) is 11.1. The van der Waals surface area contributed by atoms with Gasteiger partial charge in [-0.1, -0.05) is 29.3 Å². The van der Waals surface area contributed by atoms with Crippen molar-refractivity contribution in [3.05, 3.63) is 53.0 Å². The molecule has 19 heavy (non-hydrogen) atoms. The van der Waals surface area contributed by atoms with Crippen molar-refractivity contribution < 1.29 is 0 Å². The van der Waals surface area contributed by atoms with E-state index in [9.17, 15) is 0 Å². The summed E-state index contributed by atoms with van der Waals surface area (Å²) < 4.78 is 0. The summed E-state index contributed by atoms with van der Waals surface area (Å²) in [7, 11) is 0. The molecule has 0 amide bonds. The first-order valence-corrected chi connectivity index (χ1v) is 6.21. The van der Waals surface area contributed by atoms with Crippen LogP contribution in [0.25, 0.3) is 0 Å². The van der Waals surface area contributed by atoms with Gasteiger partial charge in [-0.2, -0.15) is 5.26 Å². The molecule has 0 aliphatic heterocycles. The van der Waals surface area contributed by atoms with E-state index in [0.29, 0.717) is 11.5 Å². The molecule has 0 aliphatic rings. The van der Waals surface area contributed by atoms with Crippen molar-refractivity contribution in [2.75, 3.05) is 11.9 Å². The number of aromatic nitrogens is 2. The van der Waals surface area contributed by atoms with Gasteiger partial charge in [-0.3, -0.25) is 0 Å². The predicted molar refractivity (Wildman–Crippen MR) is 74.9 cm³/mol. The summed E-state index contributed by atoms with van der Waals surface area (Å²) in [5, 5.41) is 12.1. The van der Waals surface area contributed by atoms with E-state index >= 15 is 0 Å². The highest BCUT2D eigenvalue weighted by Gasteiger charge is 2.03. The van der Waals surface area contributed by atoms with Gasteiger partial charge in [-0.05, 0) is 25.8 Å². The Morgan fingerprint density at radius 2 is 1.79 bits per heavy atom. The van der Waals surface area contributed by atoms with E-state index in [0.717, 1.165) is 13.0 Å². The Balaban J connectivity index is 1.98. The van der Waals surface area contributed by atoms with Crippen molar-refractivity contribution in [3.8, 4) is 6.07 Å². The number of rotatable bonds is 4. The normalized spacial score (nSPS) is 9.95. The molecule has 1 aromatic heterocycles. The highest BCUT2D eigenvalue weighted by molar-refractivity contribution is 5.46. The largest absolute Gasteiger partial charge is 0.367 e. The van der Waals surface area contributed by atoms with Crippen LogP contribution in [0.5, 0.6) is 0 Å². The van der Waals surface area contributed by atoms with Gasteiger partial charge < -0.3 is 5.32 Å². The maximum atomic E-state index is 8.92. The van der Waals surface area contributed by atoms with E-state index in [1.54, 1.807) is 6.20 Å². The van der Waals surface area contributed by atoms with Crippen LogP contribution in [0.1, 0.15) is 22.4 Å². The van der Waals surface area contributed by atoms with Crippen LogP contribution in [-0.2, 0) is 6.42 Å². The highest BCUT2D eigenvalue weighted by Crippen LogP contribution is 2.11. The van der Waals surface area contributed by atoms with E-state index in [-0.39, 0.29) is 0 Å². The molecule has 2 aromatic rings. The fraction of sp³-hybridized carbons (Fsp3) is 0.267. The first-order chi connectivity index (χ1) is 9.19. The van der Waals surface area contributed by atoms with Crippen molar-refractivity contribution in [2.24, 2.45) is 0 Å². The Morgan fingerprint density at radius 1 is 1.11 bits per heavy atom. The van der Waals surface area contributed by atoms with Gasteiger partial charge in [0.15, 0.2) is 11.5 Å². The van der Waals surface area contributed by atoms with Crippen molar-refractivity contribution in [3.63, 3.8) is 0 Å². The molecule has 0 atom stereocenters. The third kappa shape index (κ3) is 3.52. The maximum Gasteiger partial charge on any atom is 0.182 e. The molecule has 0 saturated carbocycles. The van der Waals surface area contributed by atoms with E-state index in [4.69, 9.17) is 5.26 Å². The molecular weight excluding hydrogens is 236 g/mol. The summed E-state index contributed by atoms with van der Waals surface area (Å²) in [4.78, 5) is 8.08. The average molecular weight is 252 g/mol. The lowest BCUT2D eigenvalue weighted by atomic mass is 10.1. The molecule has 1 aromatic carbocycles. The molecule has 4 nitrogen and oxygen atoms in total. The quantitative estimate of drug-likeness (QED) is 0.908. The molecule has 1 N–H and O–H groups in total. The van der Waals surface area contributed by atoms with Crippen molar-refractivity contribution >= 4 is 5.82 Å². The number of nitrogens with zero attached hydrogens (tertiary/aromatic N) is 3. The van der Waals surface area contributed by atoms with Gasteiger partial charge in [0.05, 0.1) is 0 Å². The van der Waals surface area contributed by atoms with E-state index in [1.807, 2.05) is 6.07 Å². The predicted octanol–water partition coefficient (Wildman–Crippen LogP) is 2.62. The second-order valence-corrected chi connectivity index (χ2v) is 4.54. The van der Waals surface area contributed by atoms with Gasteiger partial charge in [-0.25, -0.2) is 9.97 Å². The summed E-state index contributed by atoms with van der Waals surface area (Å²) in [6, 6.07) is 8.54. The molecule has 0 aliphatic carbocycles. The van der Waals surface area contributed by atoms with E-state index in [1.165, 1.54) is 22.9 Å². The third-order valence-electron chi connectivity index (χ3n) is 2.79. The number of aryl methyl sites for hydroxylation is 2. The topological polar surface area (TPSA) is 61.6 Å². The lowest BCUT2D eigenvalue weighted by Crippen LogP contribution is -2.08. The summed E-state index contributed by atoms with van der Waals surface area (Å²) >= 11 is 0. The van der Waals surface area contributed by atoms with Gasteiger partial charge in [0.25, 0.3) is 0 Å². The van der Waals surface area contributed by atoms with Gasteiger partial charge >= 0.3 is 0 Å². The van der Waals surface area contributed by atoms with E-state index in [2.05, 4.69) is 47.3 Å². The molecule has 1 heterocycles. The van der Waals surface area contributed by atoms with Crippen LogP contribution in [0.3, 0.4) is 0 Å². The van der Waals surface area contributed by atoms with Gasteiger partial charge in [0.2, 0.25) is 0 Å². The van der Waals surface area contributed by atoms with Crippen LogP contribution >= 0.6 is 0 Å². The molecule has 0 spiro atoms. The molecule has 4 heteroatoms. The number of benzene rings is 1. The second-order valence-electron chi connectivity index (χ2n) is 4.54. The van der Waals surface area contributed by atoms with Crippen LogP contribution < -0.4 is 5.32 Å². The Hall–Kier alpha value is -2.41. The lowest BCUT2D eigenvalue weighted by molar-refractivity contribution is 0.990. The SMILES string of the molecule is Cc1cc(C)cc(CCNc2nccnc2C#N)c1. The molecule has 0 radical (unpaired) electrons. The number of nitrogens with one attached hydrogen (secondary N) is 1. The average Bonchev–Trinajstić information content (AvgIpc) is 2.38. The van der Waals surface area contributed by atoms with Crippen LogP contribution in [0, 0.1) is 25.2 Å². The van der Waals surface area contributed by atoms with Crippen molar-refractivity contribution in [1.82, 2.24) is 9.97 Å². The minimum absolute atomic E-state index is 0.336. The number of hydrogen-bond donors (Lipinski definition) is 1. The first kappa shape index (κ1) is 13.0. The Kier molecular flexibility index (Phi) is 4.09. The summed E-state index contributed by atoms with van der Waals surface area (Å²) in [5.74, 6) is 0.550. The van der Waals surface area contributed by atoms with Gasteiger partial charge in [0, 0.05) is 18.9 Å².